The van der Waals surface area contributed by atoms with Gasteiger partial charge in [0.1, 0.15) is 0 Å². The zero-order valence-corrected chi connectivity index (χ0v) is 11.1. The van der Waals surface area contributed by atoms with Crippen LogP contribution in [0.5, 0.6) is 5.75 Å². The maximum absolute atomic E-state index is 5.41. The number of halogens is 1. The Morgan fingerprint density at radius 3 is 2.54 bits per heavy atom. The zero-order chi connectivity index (χ0) is 8.10. The molecule has 0 aromatic heterocycles. The van der Waals surface area contributed by atoms with Crippen LogP contribution >= 0.6 is 0 Å². The molecule has 3 heteroatoms. The van der Waals surface area contributed by atoms with Crippen LogP contribution in [0.4, 0.5) is 0 Å². The predicted octanol–water partition coefficient (Wildman–Crippen LogP) is -0.855. The fourth-order valence-electron chi connectivity index (χ4n) is 0.723. The summed E-state index contributed by atoms with van der Waals surface area (Å²) in [5, 5.41) is 0. The summed E-state index contributed by atoms with van der Waals surface area (Å²) >= 11 is 0. The molecule has 0 fully saturated rings. The first kappa shape index (κ1) is 15.7. The molecule has 0 heterocycles. The summed E-state index contributed by atoms with van der Waals surface area (Å²) in [7, 11) is 0. The van der Waals surface area contributed by atoms with Crippen molar-refractivity contribution in [3.05, 3.63) is 30.3 Å². The molecule has 0 N–H and O–H groups in total. The van der Waals surface area contributed by atoms with Gasteiger partial charge in [-0.05, 0) is 5.92 Å². The average molecular weight is 253 g/mol. The van der Waals surface area contributed by atoms with Crippen molar-refractivity contribution in [1.29, 1.82) is 0 Å². The van der Waals surface area contributed by atoms with E-state index in [9.17, 15) is 0 Å². The molecule has 68 valence electrons. The molecule has 0 atom stereocenters. The first-order chi connectivity index (χ1) is 5.29. The first-order valence-electron chi connectivity index (χ1n) is 3.88. The summed E-state index contributed by atoms with van der Waals surface area (Å²) in [6.07, 6.45) is 0. The molecule has 13 heavy (non-hydrogen) atoms. The molecule has 1 aromatic carbocycles. The van der Waals surface area contributed by atoms with Gasteiger partial charge < -0.3 is 21.7 Å². The zero-order valence-electron chi connectivity index (χ0n) is 8.09. The monoisotopic (exact) mass is 252 g/mol. The van der Waals surface area contributed by atoms with Gasteiger partial charge in [0.25, 0.3) is 0 Å². The Morgan fingerprint density at radius 1 is 1.38 bits per heavy atom. The molecule has 0 saturated heterocycles. The SMILES string of the molecule is CC(C)COc1[c-]cccc1.[Br-].[Mg+2]. The van der Waals surface area contributed by atoms with Gasteiger partial charge in [0.15, 0.2) is 0 Å². The van der Waals surface area contributed by atoms with Crippen molar-refractivity contribution in [2.75, 3.05) is 6.61 Å². The van der Waals surface area contributed by atoms with Gasteiger partial charge in [-0.1, -0.05) is 13.8 Å². The molecule has 0 aliphatic heterocycles. The van der Waals surface area contributed by atoms with Gasteiger partial charge in [0, 0.05) is 5.75 Å². The molecule has 0 aliphatic carbocycles. The van der Waals surface area contributed by atoms with Crippen LogP contribution in [0.15, 0.2) is 24.3 Å². The van der Waals surface area contributed by atoms with Crippen LogP contribution in [0.25, 0.3) is 0 Å². The van der Waals surface area contributed by atoms with Crippen molar-refractivity contribution in [2.45, 2.75) is 13.8 Å². The third-order valence-electron chi connectivity index (χ3n) is 1.25. The fraction of sp³-hybridized carbons (Fsp3) is 0.400. The summed E-state index contributed by atoms with van der Waals surface area (Å²) < 4.78 is 5.41. The Bertz CT molecular complexity index is 201. The number of rotatable bonds is 3. The molecule has 0 spiro atoms. The topological polar surface area (TPSA) is 9.23 Å². The van der Waals surface area contributed by atoms with Gasteiger partial charge in [-0.25, -0.2) is 0 Å². The Morgan fingerprint density at radius 2 is 2.08 bits per heavy atom. The van der Waals surface area contributed by atoms with Crippen LogP contribution in [0.1, 0.15) is 13.8 Å². The predicted molar refractivity (Wildman–Crippen MR) is 51.4 cm³/mol. The number of ether oxygens (including phenoxy) is 1. The Kier molecular flexibility index (Phi) is 10.7. The van der Waals surface area contributed by atoms with E-state index in [1.807, 2.05) is 24.3 Å². The van der Waals surface area contributed by atoms with Gasteiger partial charge in [-0.15, -0.1) is 12.1 Å². The Balaban J connectivity index is 0. The third-order valence-corrected chi connectivity index (χ3v) is 1.25. The van der Waals surface area contributed by atoms with Crippen molar-refractivity contribution in [3.8, 4) is 5.75 Å². The van der Waals surface area contributed by atoms with E-state index in [2.05, 4.69) is 19.9 Å². The number of hydrogen-bond acceptors (Lipinski definition) is 1. The smallest absolute Gasteiger partial charge is 1.00 e. The summed E-state index contributed by atoms with van der Waals surface area (Å²) in [4.78, 5) is 0. The molecule has 0 bridgehead atoms. The van der Waals surface area contributed by atoms with Crippen LogP contribution in [-0.4, -0.2) is 29.7 Å². The molecular weight excluding hydrogens is 240 g/mol. The normalized spacial score (nSPS) is 8.54. The molecule has 0 aliphatic rings. The van der Waals surface area contributed by atoms with Gasteiger partial charge in [-0.3, -0.25) is 0 Å². The fourth-order valence-corrected chi connectivity index (χ4v) is 0.723. The summed E-state index contributed by atoms with van der Waals surface area (Å²) in [5.74, 6) is 1.41. The van der Waals surface area contributed by atoms with Crippen molar-refractivity contribution in [2.24, 2.45) is 5.92 Å². The minimum Gasteiger partial charge on any atom is -1.00 e. The third kappa shape index (κ3) is 7.35. The van der Waals surface area contributed by atoms with Crippen LogP contribution < -0.4 is 21.7 Å². The second kappa shape index (κ2) is 8.85. The largest absolute Gasteiger partial charge is 2.00 e. The second-order valence-corrected chi connectivity index (χ2v) is 2.93. The minimum absolute atomic E-state index is 0. The Labute approximate surface area is 107 Å². The quantitative estimate of drug-likeness (QED) is 0.503. The molecule has 0 radical (unpaired) electrons. The van der Waals surface area contributed by atoms with Gasteiger partial charge in [0.05, 0.1) is 6.61 Å². The van der Waals surface area contributed by atoms with E-state index in [1.54, 1.807) is 0 Å². The van der Waals surface area contributed by atoms with Crippen molar-refractivity contribution in [1.82, 2.24) is 0 Å². The van der Waals surface area contributed by atoms with E-state index in [-0.39, 0.29) is 40.0 Å². The summed E-state index contributed by atoms with van der Waals surface area (Å²) in [5.41, 5.74) is 0. The maximum atomic E-state index is 5.41. The van der Waals surface area contributed by atoms with E-state index in [0.717, 1.165) is 12.4 Å². The van der Waals surface area contributed by atoms with Crippen molar-refractivity contribution >= 4 is 23.1 Å². The van der Waals surface area contributed by atoms with Crippen LogP contribution in [0.2, 0.25) is 0 Å². The van der Waals surface area contributed by atoms with Crippen LogP contribution in [0.3, 0.4) is 0 Å². The molecule has 0 amide bonds. The van der Waals surface area contributed by atoms with Gasteiger partial charge in [-0.2, -0.15) is 18.2 Å². The van der Waals surface area contributed by atoms with Gasteiger partial charge in [0.2, 0.25) is 0 Å². The standard InChI is InChI=1S/C10H13O.BrH.Mg/c1-9(2)8-11-10-6-4-3-5-7-10;;/h3-6,9H,8H2,1-2H3;1H;/q-1;;+2/p-1. The number of para-hydroxylation sites is 1. The number of benzene rings is 1. The van der Waals surface area contributed by atoms with E-state index in [1.165, 1.54) is 0 Å². The Hall–Kier alpha value is 0.266. The van der Waals surface area contributed by atoms with E-state index in [4.69, 9.17) is 4.74 Å². The molecule has 1 aromatic rings. The number of hydrogen-bond donors (Lipinski definition) is 0. The average Bonchev–Trinajstić information content (AvgIpc) is 2.03. The van der Waals surface area contributed by atoms with Crippen LogP contribution in [0, 0.1) is 12.0 Å². The van der Waals surface area contributed by atoms with E-state index < -0.39 is 0 Å². The van der Waals surface area contributed by atoms with Crippen LogP contribution in [-0.2, 0) is 0 Å². The first-order valence-corrected chi connectivity index (χ1v) is 3.88. The van der Waals surface area contributed by atoms with E-state index >= 15 is 0 Å². The molecule has 0 unspecified atom stereocenters. The molecule has 1 rings (SSSR count). The van der Waals surface area contributed by atoms with Crippen molar-refractivity contribution < 1.29 is 21.7 Å². The van der Waals surface area contributed by atoms with Crippen molar-refractivity contribution in [3.63, 3.8) is 0 Å². The summed E-state index contributed by atoms with van der Waals surface area (Å²) in [6.45, 7) is 5.02. The molecular formula is C10H13BrMgO. The van der Waals surface area contributed by atoms with E-state index in [0.29, 0.717) is 5.92 Å². The second-order valence-electron chi connectivity index (χ2n) is 2.93. The molecule has 1 nitrogen and oxygen atoms in total. The van der Waals surface area contributed by atoms with Gasteiger partial charge >= 0.3 is 23.1 Å². The summed E-state index contributed by atoms with van der Waals surface area (Å²) in [6, 6.07) is 10.7. The minimum atomic E-state index is 0. The molecule has 0 saturated carbocycles. The maximum Gasteiger partial charge on any atom is 2.00 e.